The first-order valence-electron chi connectivity index (χ1n) is 3.94. The number of rotatable bonds is 4. The molecule has 1 nitrogen and oxygen atoms in total. The Morgan fingerprint density at radius 1 is 1.40 bits per heavy atom. The third kappa shape index (κ3) is 3.37. The van der Waals surface area contributed by atoms with Crippen LogP contribution < -0.4 is 0 Å². The van der Waals surface area contributed by atoms with Crippen molar-refractivity contribution in [2.24, 2.45) is 0 Å². The summed E-state index contributed by atoms with van der Waals surface area (Å²) in [5.74, 6) is 0. The Hall–Kier alpha value is 0.177. The zero-order valence-corrected chi connectivity index (χ0v) is 8.61. The normalized spacial score (nSPS) is 12.6. The topological polar surface area (TPSA) is 9.23 Å². The quantitative estimate of drug-likeness (QED) is 0.573. The van der Waals surface area contributed by atoms with Crippen molar-refractivity contribution < 1.29 is 4.43 Å². The zero-order valence-electron chi connectivity index (χ0n) is 7.61. The van der Waals surface area contributed by atoms with Gasteiger partial charge in [-0.3, -0.25) is 0 Å². The van der Waals surface area contributed by atoms with Gasteiger partial charge in [0, 0.05) is 6.61 Å². The number of hydrogen-bond donors (Lipinski definition) is 0. The second-order valence-corrected chi connectivity index (χ2v) is 8.11. The second-order valence-electron chi connectivity index (χ2n) is 3.46. The summed E-state index contributed by atoms with van der Waals surface area (Å²) in [6.07, 6.45) is 0.892. The lowest BCUT2D eigenvalue weighted by Crippen LogP contribution is -2.34. The molecule has 0 aliphatic rings. The van der Waals surface area contributed by atoms with Crippen LogP contribution >= 0.6 is 0 Å². The van der Waals surface area contributed by atoms with Crippen molar-refractivity contribution in [2.75, 3.05) is 6.61 Å². The molecule has 0 bridgehead atoms. The summed E-state index contributed by atoms with van der Waals surface area (Å²) in [4.78, 5) is 0. The Balaban J connectivity index is 3.63. The van der Waals surface area contributed by atoms with Crippen molar-refractivity contribution >= 4 is 8.32 Å². The molecule has 0 aliphatic heterocycles. The lowest BCUT2D eigenvalue weighted by molar-refractivity contribution is 0.307. The molecule has 0 unspecified atom stereocenters. The van der Waals surface area contributed by atoms with E-state index in [0.717, 1.165) is 13.0 Å². The van der Waals surface area contributed by atoms with Gasteiger partial charge >= 0.3 is 0 Å². The predicted molar refractivity (Wildman–Crippen MR) is 48.5 cm³/mol. The summed E-state index contributed by atoms with van der Waals surface area (Å²) in [5.41, 5.74) is 0.707. The average molecular weight is 159 g/mol. The lowest BCUT2D eigenvalue weighted by Gasteiger charge is -2.26. The fourth-order valence-corrected chi connectivity index (χ4v) is 1.51. The Bertz CT molecular complexity index is 89.3. The molecule has 0 rings (SSSR count). The molecular formula is C8H19OSi. The SMILES string of the molecule is [CH2]CCO[Si](C)(C)C(C)C. The van der Waals surface area contributed by atoms with Gasteiger partial charge in [-0.25, -0.2) is 0 Å². The lowest BCUT2D eigenvalue weighted by atomic mass is 10.5. The molecule has 0 saturated heterocycles. The highest BCUT2D eigenvalue weighted by atomic mass is 28.4. The van der Waals surface area contributed by atoms with Gasteiger partial charge in [-0.1, -0.05) is 20.8 Å². The first-order valence-corrected chi connectivity index (χ1v) is 6.92. The van der Waals surface area contributed by atoms with Crippen LogP contribution in [-0.2, 0) is 4.43 Å². The van der Waals surface area contributed by atoms with E-state index in [0.29, 0.717) is 5.54 Å². The maximum absolute atomic E-state index is 5.72. The standard InChI is InChI=1S/C8H19OSi/c1-6-7-9-10(4,5)8(2)3/h8H,1,6-7H2,2-5H3. The van der Waals surface area contributed by atoms with Crippen molar-refractivity contribution in [3.8, 4) is 0 Å². The van der Waals surface area contributed by atoms with Crippen LogP contribution in [0.25, 0.3) is 0 Å². The van der Waals surface area contributed by atoms with Gasteiger partial charge in [0.05, 0.1) is 0 Å². The van der Waals surface area contributed by atoms with E-state index in [-0.39, 0.29) is 0 Å². The van der Waals surface area contributed by atoms with Crippen molar-refractivity contribution in [3.05, 3.63) is 6.92 Å². The van der Waals surface area contributed by atoms with Crippen molar-refractivity contribution in [3.63, 3.8) is 0 Å². The molecule has 0 N–H and O–H groups in total. The molecule has 1 radical (unpaired) electrons. The Morgan fingerprint density at radius 2 is 1.90 bits per heavy atom. The first-order chi connectivity index (χ1) is 4.50. The van der Waals surface area contributed by atoms with E-state index in [4.69, 9.17) is 4.43 Å². The van der Waals surface area contributed by atoms with Crippen LogP contribution in [0.15, 0.2) is 0 Å². The van der Waals surface area contributed by atoms with Crippen LogP contribution in [0.5, 0.6) is 0 Å². The summed E-state index contributed by atoms with van der Waals surface area (Å²) >= 11 is 0. The molecule has 0 atom stereocenters. The molecule has 0 aromatic carbocycles. The minimum Gasteiger partial charge on any atom is -0.417 e. The highest BCUT2D eigenvalue weighted by Gasteiger charge is 2.25. The largest absolute Gasteiger partial charge is 0.417 e. The van der Waals surface area contributed by atoms with Crippen LogP contribution in [0.3, 0.4) is 0 Å². The van der Waals surface area contributed by atoms with E-state index in [2.05, 4.69) is 33.9 Å². The maximum Gasteiger partial charge on any atom is 0.189 e. The summed E-state index contributed by atoms with van der Waals surface area (Å²) in [6, 6.07) is 0. The van der Waals surface area contributed by atoms with Crippen LogP contribution in [-0.4, -0.2) is 14.9 Å². The summed E-state index contributed by atoms with van der Waals surface area (Å²) in [6.45, 7) is 13.6. The first kappa shape index (κ1) is 10.2. The highest BCUT2D eigenvalue weighted by Crippen LogP contribution is 2.20. The highest BCUT2D eigenvalue weighted by molar-refractivity contribution is 6.72. The molecule has 0 spiro atoms. The molecule has 61 valence electrons. The summed E-state index contributed by atoms with van der Waals surface area (Å²) in [5, 5.41) is 0. The monoisotopic (exact) mass is 159 g/mol. The molecule has 0 saturated carbocycles. The third-order valence-corrected chi connectivity index (χ3v) is 5.74. The van der Waals surface area contributed by atoms with E-state index in [1.165, 1.54) is 0 Å². The van der Waals surface area contributed by atoms with E-state index in [1.54, 1.807) is 0 Å². The molecule has 2 heteroatoms. The van der Waals surface area contributed by atoms with Gasteiger partial charge < -0.3 is 4.43 Å². The van der Waals surface area contributed by atoms with Crippen LogP contribution in [0.1, 0.15) is 20.3 Å². The fraction of sp³-hybridized carbons (Fsp3) is 0.875. The van der Waals surface area contributed by atoms with Gasteiger partial charge in [0.15, 0.2) is 8.32 Å². The molecule has 10 heavy (non-hydrogen) atoms. The second kappa shape index (κ2) is 4.14. The number of hydrogen-bond acceptors (Lipinski definition) is 1. The molecule has 0 fully saturated rings. The maximum atomic E-state index is 5.72. The van der Waals surface area contributed by atoms with E-state index >= 15 is 0 Å². The van der Waals surface area contributed by atoms with Crippen LogP contribution in [0.4, 0.5) is 0 Å². The average Bonchev–Trinajstić information content (AvgIpc) is 1.84. The molecule has 0 amide bonds. The van der Waals surface area contributed by atoms with E-state index in [9.17, 15) is 0 Å². The summed E-state index contributed by atoms with van der Waals surface area (Å²) in [7, 11) is -1.34. The smallest absolute Gasteiger partial charge is 0.189 e. The van der Waals surface area contributed by atoms with E-state index in [1.807, 2.05) is 0 Å². The van der Waals surface area contributed by atoms with Gasteiger partial charge in [-0.15, -0.1) is 0 Å². The van der Waals surface area contributed by atoms with Gasteiger partial charge in [0.2, 0.25) is 0 Å². The third-order valence-electron chi connectivity index (χ3n) is 2.01. The predicted octanol–water partition coefficient (Wildman–Crippen LogP) is 2.84. The van der Waals surface area contributed by atoms with E-state index < -0.39 is 8.32 Å². The Labute approximate surface area is 65.9 Å². The van der Waals surface area contributed by atoms with Gasteiger partial charge in [0.25, 0.3) is 0 Å². The molecular weight excluding hydrogens is 140 g/mol. The van der Waals surface area contributed by atoms with Gasteiger partial charge in [-0.2, -0.15) is 0 Å². The van der Waals surface area contributed by atoms with Crippen LogP contribution in [0, 0.1) is 6.92 Å². The van der Waals surface area contributed by atoms with Crippen molar-refractivity contribution in [1.82, 2.24) is 0 Å². The zero-order chi connectivity index (χ0) is 8.20. The Morgan fingerprint density at radius 3 is 2.20 bits per heavy atom. The van der Waals surface area contributed by atoms with Crippen molar-refractivity contribution in [1.29, 1.82) is 0 Å². The molecule has 0 aliphatic carbocycles. The Kier molecular flexibility index (Phi) is 4.21. The van der Waals surface area contributed by atoms with Crippen molar-refractivity contribution in [2.45, 2.75) is 38.9 Å². The van der Waals surface area contributed by atoms with Gasteiger partial charge in [0.1, 0.15) is 0 Å². The molecule has 0 aromatic heterocycles. The van der Waals surface area contributed by atoms with Crippen LogP contribution in [0.2, 0.25) is 18.6 Å². The van der Waals surface area contributed by atoms with Gasteiger partial charge in [-0.05, 0) is 25.1 Å². The molecule has 0 heterocycles. The fourth-order valence-electron chi connectivity index (χ4n) is 0.502. The summed E-state index contributed by atoms with van der Waals surface area (Å²) < 4.78 is 5.72. The minimum atomic E-state index is -1.34. The minimum absolute atomic E-state index is 0.707. The molecule has 0 aromatic rings.